The summed E-state index contributed by atoms with van der Waals surface area (Å²) in [4.78, 5) is 12.6. The fraction of sp³-hybridized carbons (Fsp3) is 0.286. The van der Waals surface area contributed by atoms with Gasteiger partial charge in [-0.15, -0.1) is 0 Å². The lowest BCUT2D eigenvalue weighted by atomic mass is 9.66. The molecule has 0 radical (unpaired) electrons. The molecule has 3 rings (SSSR count). The van der Waals surface area contributed by atoms with Gasteiger partial charge in [-0.3, -0.25) is 4.98 Å². The quantitative estimate of drug-likeness (QED) is 0.882. The first-order valence-electron chi connectivity index (χ1n) is 6.19. The van der Waals surface area contributed by atoms with Crippen molar-refractivity contribution in [2.75, 3.05) is 5.73 Å². The molecule has 2 aromatic heterocycles. The SMILES string of the molecule is N#CC1(c2ccc(-c3cnc(N)cn3)nc2)CCC1. The van der Waals surface area contributed by atoms with Gasteiger partial charge in [-0.1, -0.05) is 6.07 Å². The van der Waals surface area contributed by atoms with E-state index < -0.39 is 0 Å². The van der Waals surface area contributed by atoms with Crippen molar-refractivity contribution >= 4 is 5.82 Å². The van der Waals surface area contributed by atoms with E-state index in [2.05, 4.69) is 21.0 Å². The van der Waals surface area contributed by atoms with Crippen LogP contribution in [0, 0.1) is 11.3 Å². The summed E-state index contributed by atoms with van der Waals surface area (Å²) in [5.74, 6) is 0.387. The van der Waals surface area contributed by atoms with Crippen molar-refractivity contribution in [2.24, 2.45) is 0 Å². The molecule has 1 aliphatic rings. The predicted molar refractivity (Wildman–Crippen MR) is 70.8 cm³/mol. The maximum Gasteiger partial charge on any atom is 0.141 e. The smallest absolute Gasteiger partial charge is 0.141 e. The molecule has 2 N–H and O–H groups in total. The van der Waals surface area contributed by atoms with E-state index in [0.717, 1.165) is 30.5 Å². The third-order valence-electron chi connectivity index (χ3n) is 3.67. The van der Waals surface area contributed by atoms with E-state index in [0.29, 0.717) is 11.5 Å². The third kappa shape index (κ3) is 1.91. The molecule has 0 saturated heterocycles. The van der Waals surface area contributed by atoms with Crippen LogP contribution in [0.4, 0.5) is 5.82 Å². The number of nitriles is 1. The molecule has 19 heavy (non-hydrogen) atoms. The summed E-state index contributed by atoms with van der Waals surface area (Å²) >= 11 is 0. The second-order valence-corrected chi connectivity index (χ2v) is 4.81. The van der Waals surface area contributed by atoms with E-state index in [1.807, 2.05) is 12.1 Å². The van der Waals surface area contributed by atoms with Crippen LogP contribution in [0.15, 0.2) is 30.7 Å². The largest absolute Gasteiger partial charge is 0.382 e. The maximum absolute atomic E-state index is 9.29. The van der Waals surface area contributed by atoms with Gasteiger partial charge in [-0.2, -0.15) is 5.26 Å². The zero-order valence-corrected chi connectivity index (χ0v) is 10.4. The van der Waals surface area contributed by atoms with Crippen molar-refractivity contribution in [1.29, 1.82) is 5.26 Å². The van der Waals surface area contributed by atoms with E-state index in [9.17, 15) is 5.26 Å². The van der Waals surface area contributed by atoms with Crippen molar-refractivity contribution in [3.8, 4) is 17.5 Å². The number of nitrogen functional groups attached to an aromatic ring is 1. The lowest BCUT2D eigenvalue weighted by Crippen LogP contribution is -2.32. The summed E-state index contributed by atoms with van der Waals surface area (Å²) in [5.41, 5.74) is 7.59. The Morgan fingerprint density at radius 1 is 1.05 bits per heavy atom. The Labute approximate surface area is 111 Å². The van der Waals surface area contributed by atoms with Crippen LogP contribution in [-0.2, 0) is 5.41 Å². The molecule has 1 aliphatic carbocycles. The minimum atomic E-state index is -0.321. The number of nitrogens with zero attached hydrogens (tertiary/aromatic N) is 4. The van der Waals surface area contributed by atoms with Gasteiger partial charge in [0, 0.05) is 6.20 Å². The molecule has 2 heterocycles. The van der Waals surface area contributed by atoms with Crippen LogP contribution in [0.1, 0.15) is 24.8 Å². The lowest BCUT2D eigenvalue weighted by Gasteiger charge is -2.35. The number of hydrogen-bond donors (Lipinski definition) is 1. The Balaban J connectivity index is 1.91. The predicted octanol–water partition coefficient (Wildman–Crippen LogP) is 2.07. The Bertz CT molecular complexity index is 620. The first-order valence-corrected chi connectivity index (χ1v) is 6.19. The lowest BCUT2D eigenvalue weighted by molar-refractivity contribution is 0.323. The molecule has 0 aliphatic heterocycles. The van der Waals surface area contributed by atoms with E-state index in [1.54, 1.807) is 12.4 Å². The van der Waals surface area contributed by atoms with Gasteiger partial charge in [-0.05, 0) is 30.9 Å². The molecule has 94 valence electrons. The molecule has 0 amide bonds. The molecule has 0 unspecified atom stereocenters. The molecule has 1 saturated carbocycles. The Hall–Kier alpha value is -2.48. The van der Waals surface area contributed by atoms with Crippen LogP contribution in [0.3, 0.4) is 0 Å². The van der Waals surface area contributed by atoms with Gasteiger partial charge in [0.25, 0.3) is 0 Å². The van der Waals surface area contributed by atoms with Gasteiger partial charge in [0.2, 0.25) is 0 Å². The molecule has 0 aromatic carbocycles. The van der Waals surface area contributed by atoms with Gasteiger partial charge in [-0.25, -0.2) is 9.97 Å². The minimum absolute atomic E-state index is 0.321. The molecule has 0 bridgehead atoms. The molecular formula is C14H13N5. The highest BCUT2D eigenvalue weighted by Gasteiger charge is 2.39. The number of pyridine rings is 1. The summed E-state index contributed by atoms with van der Waals surface area (Å²) in [6.45, 7) is 0. The van der Waals surface area contributed by atoms with E-state index in [1.165, 1.54) is 6.20 Å². The third-order valence-corrected chi connectivity index (χ3v) is 3.67. The fourth-order valence-corrected chi connectivity index (χ4v) is 2.29. The van der Waals surface area contributed by atoms with Crippen molar-refractivity contribution in [3.05, 3.63) is 36.3 Å². The Kier molecular flexibility index (Phi) is 2.64. The average molecular weight is 251 g/mol. The topological polar surface area (TPSA) is 88.5 Å². The van der Waals surface area contributed by atoms with Crippen molar-refractivity contribution in [1.82, 2.24) is 15.0 Å². The molecular weight excluding hydrogens is 238 g/mol. The van der Waals surface area contributed by atoms with Crippen LogP contribution >= 0.6 is 0 Å². The average Bonchev–Trinajstić information content (AvgIpc) is 2.40. The van der Waals surface area contributed by atoms with E-state index in [-0.39, 0.29) is 5.41 Å². The van der Waals surface area contributed by atoms with Gasteiger partial charge in [0.15, 0.2) is 0 Å². The second-order valence-electron chi connectivity index (χ2n) is 4.81. The Morgan fingerprint density at radius 2 is 1.84 bits per heavy atom. The zero-order valence-electron chi connectivity index (χ0n) is 10.4. The standard InChI is InChI=1S/C14H13N5/c15-9-14(4-1-5-14)10-2-3-11(17-6-10)12-7-19-13(16)8-18-12/h2-3,6-8H,1,4-5H2,(H2,16,19). The highest BCUT2D eigenvalue weighted by Crippen LogP contribution is 2.42. The number of rotatable bonds is 2. The highest BCUT2D eigenvalue weighted by molar-refractivity contribution is 5.54. The molecule has 1 fully saturated rings. The second kappa shape index (κ2) is 4.32. The first kappa shape index (κ1) is 11.6. The van der Waals surface area contributed by atoms with E-state index in [4.69, 9.17) is 5.73 Å². The number of hydrogen-bond acceptors (Lipinski definition) is 5. The number of nitrogens with two attached hydrogens (primary N) is 1. The molecule has 0 spiro atoms. The van der Waals surface area contributed by atoms with Gasteiger partial charge in [0.1, 0.15) is 11.5 Å². The summed E-state index contributed by atoms with van der Waals surface area (Å²) in [5, 5.41) is 9.29. The van der Waals surface area contributed by atoms with Crippen molar-refractivity contribution in [2.45, 2.75) is 24.7 Å². The molecule has 2 aromatic rings. The summed E-state index contributed by atoms with van der Waals surface area (Å²) in [6, 6.07) is 6.26. The van der Waals surface area contributed by atoms with Crippen molar-refractivity contribution < 1.29 is 0 Å². The van der Waals surface area contributed by atoms with Gasteiger partial charge in [0.05, 0.1) is 29.6 Å². The van der Waals surface area contributed by atoms with Crippen LogP contribution < -0.4 is 5.73 Å². The Morgan fingerprint density at radius 3 is 2.32 bits per heavy atom. The fourth-order valence-electron chi connectivity index (χ4n) is 2.29. The number of anilines is 1. The van der Waals surface area contributed by atoms with Crippen LogP contribution in [0.25, 0.3) is 11.4 Å². The molecule has 5 heteroatoms. The number of aromatic nitrogens is 3. The van der Waals surface area contributed by atoms with Crippen LogP contribution in [0.5, 0.6) is 0 Å². The monoisotopic (exact) mass is 251 g/mol. The first-order chi connectivity index (χ1) is 9.23. The van der Waals surface area contributed by atoms with Crippen LogP contribution in [-0.4, -0.2) is 15.0 Å². The summed E-state index contributed by atoms with van der Waals surface area (Å²) in [7, 11) is 0. The summed E-state index contributed by atoms with van der Waals surface area (Å²) < 4.78 is 0. The maximum atomic E-state index is 9.29. The normalized spacial score (nSPS) is 16.4. The zero-order chi connectivity index (χ0) is 13.3. The molecule has 5 nitrogen and oxygen atoms in total. The highest BCUT2D eigenvalue weighted by atomic mass is 14.9. The van der Waals surface area contributed by atoms with Gasteiger partial charge >= 0.3 is 0 Å². The molecule has 0 atom stereocenters. The minimum Gasteiger partial charge on any atom is -0.382 e. The van der Waals surface area contributed by atoms with Crippen molar-refractivity contribution in [3.63, 3.8) is 0 Å². The van der Waals surface area contributed by atoms with E-state index >= 15 is 0 Å². The summed E-state index contributed by atoms with van der Waals surface area (Å²) in [6.07, 6.45) is 7.83. The van der Waals surface area contributed by atoms with Crippen LogP contribution in [0.2, 0.25) is 0 Å². The van der Waals surface area contributed by atoms with Gasteiger partial charge < -0.3 is 5.73 Å².